The zero-order valence-electron chi connectivity index (χ0n) is 9.91. The Kier molecular flexibility index (Phi) is 3.01. The van der Waals surface area contributed by atoms with E-state index in [1.54, 1.807) is 4.88 Å². The Hall–Kier alpha value is -0.380. The minimum absolute atomic E-state index is 0.723. The Morgan fingerprint density at radius 2 is 2.06 bits per heavy atom. The van der Waals surface area contributed by atoms with Crippen LogP contribution in [0.15, 0.2) is 12.1 Å². The minimum atomic E-state index is 0.723. The largest absolute Gasteiger partial charge is 0.314 e. The summed E-state index contributed by atoms with van der Waals surface area (Å²) in [5, 5.41) is 3.45. The van der Waals surface area contributed by atoms with Gasteiger partial charge in [0.15, 0.2) is 0 Å². The molecule has 16 heavy (non-hydrogen) atoms. The molecule has 2 fully saturated rings. The van der Waals surface area contributed by atoms with Gasteiger partial charge in [0.1, 0.15) is 0 Å². The summed E-state index contributed by atoms with van der Waals surface area (Å²) in [6.45, 7) is 6.98. The summed E-state index contributed by atoms with van der Waals surface area (Å²) in [6, 6.07) is 5.35. The maximum absolute atomic E-state index is 3.45. The Balaban J connectivity index is 1.79. The first-order chi connectivity index (χ1) is 7.84. The molecule has 0 unspecified atom stereocenters. The standard InChI is InChI=1S/C13H20N2S/c1-10-2-5-12(16-10)13(11-3-4-11)15-8-6-14-7-9-15/h2,5,11,13-14H,3-4,6-9H2,1H3/t13-/m1/s1. The first-order valence-electron chi connectivity index (χ1n) is 6.36. The van der Waals surface area contributed by atoms with Gasteiger partial charge in [0.2, 0.25) is 0 Å². The molecule has 2 aliphatic rings. The second kappa shape index (κ2) is 4.47. The van der Waals surface area contributed by atoms with Crippen LogP contribution in [0.5, 0.6) is 0 Å². The van der Waals surface area contributed by atoms with Crippen molar-refractivity contribution in [3.8, 4) is 0 Å². The average Bonchev–Trinajstić information content (AvgIpc) is 3.04. The summed E-state index contributed by atoms with van der Waals surface area (Å²) < 4.78 is 0. The lowest BCUT2D eigenvalue weighted by Crippen LogP contribution is -2.45. The summed E-state index contributed by atoms with van der Waals surface area (Å²) in [7, 11) is 0. The van der Waals surface area contributed by atoms with Gasteiger partial charge in [0.25, 0.3) is 0 Å². The molecule has 1 N–H and O–H groups in total. The van der Waals surface area contributed by atoms with Gasteiger partial charge in [-0.25, -0.2) is 0 Å². The lowest BCUT2D eigenvalue weighted by molar-refractivity contribution is 0.158. The first kappa shape index (κ1) is 10.8. The molecular formula is C13H20N2S. The molecule has 1 aliphatic carbocycles. The normalized spacial score (nSPS) is 24.6. The summed E-state index contributed by atoms with van der Waals surface area (Å²) in [6.07, 6.45) is 2.87. The summed E-state index contributed by atoms with van der Waals surface area (Å²) in [4.78, 5) is 5.75. The van der Waals surface area contributed by atoms with Crippen molar-refractivity contribution < 1.29 is 0 Å². The molecule has 0 spiro atoms. The van der Waals surface area contributed by atoms with E-state index in [0.717, 1.165) is 25.0 Å². The highest BCUT2D eigenvalue weighted by Crippen LogP contribution is 2.46. The van der Waals surface area contributed by atoms with E-state index < -0.39 is 0 Å². The van der Waals surface area contributed by atoms with Crippen LogP contribution in [0, 0.1) is 12.8 Å². The molecule has 3 rings (SSSR count). The van der Waals surface area contributed by atoms with Crippen LogP contribution in [-0.4, -0.2) is 31.1 Å². The van der Waals surface area contributed by atoms with E-state index in [4.69, 9.17) is 0 Å². The molecule has 1 saturated carbocycles. The smallest absolute Gasteiger partial charge is 0.0470 e. The highest BCUT2D eigenvalue weighted by Gasteiger charge is 2.37. The van der Waals surface area contributed by atoms with Crippen molar-refractivity contribution >= 4 is 11.3 Å². The van der Waals surface area contributed by atoms with E-state index in [-0.39, 0.29) is 0 Å². The van der Waals surface area contributed by atoms with Crippen LogP contribution in [-0.2, 0) is 0 Å². The SMILES string of the molecule is Cc1ccc([C@@H](C2CC2)N2CCNCC2)s1. The lowest BCUT2D eigenvalue weighted by atomic mass is 10.1. The fourth-order valence-electron chi connectivity index (χ4n) is 2.70. The van der Waals surface area contributed by atoms with E-state index in [0.29, 0.717) is 0 Å². The van der Waals surface area contributed by atoms with Gasteiger partial charge in [-0.15, -0.1) is 11.3 Å². The lowest BCUT2D eigenvalue weighted by Gasteiger charge is -2.34. The number of hydrogen-bond donors (Lipinski definition) is 1. The Labute approximate surface area is 102 Å². The highest BCUT2D eigenvalue weighted by molar-refractivity contribution is 7.12. The van der Waals surface area contributed by atoms with Gasteiger partial charge in [0, 0.05) is 42.0 Å². The second-order valence-corrected chi connectivity index (χ2v) is 6.34. The van der Waals surface area contributed by atoms with Crippen LogP contribution < -0.4 is 5.32 Å². The van der Waals surface area contributed by atoms with E-state index in [9.17, 15) is 0 Å². The molecule has 0 amide bonds. The first-order valence-corrected chi connectivity index (χ1v) is 7.17. The molecule has 2 nitrogen and oxygen atoms in total. The van der Waals surface area contributed by atoms with Crippen LogP contribution >= 0.6 is 11.3 Å². The van der Waals surface area contributed by atoms with E-state index in [2.05, 4.69) is 29.3 Å². The molecule has 1 aromatic rings. The number of rotatable bonds is 3. The van der Waals surface area contributed by atoms with Crippen molar-refractivity contribution in [2.75, 3.05) is 26.2 Å². The molecule has 1 aromatic heterocycles. The molecule has 88 valence electrons. The maximum Gasteiger partial charge on any atom is 0.0470 e. The predicted octanol–water partition coefficient (Wildman–Crippen LogP) is 2.41. The van der Waals surface area contributed by atoms with Crippen molar-refractivity contribution in [2.45, 2.75) is 25.8 Å². The van der Waals surface area contributed by atoms with Crippen molar-refractivity contribution in [3.63, 3.8) is 0 Å². The Morgan fingerprint density at radius 1 is 1.31 bits per heavy atom. The van der Waals surface area contributed by atoms with E-state index >= 15 is 0 Å². The average molecular weight is 236 g/mol. The molecular weight excluding hydrogens is 216 g/mol. The fourth-order valence-corrected chi connectivity index (χ4v) is 3.80. The molecule has 2 heterocycles. The van der Waals surface area contributed by atoms with Gasteiger partial charge in [0.05, 0.1) is 0 Å². The monoisotopic (exact) mass is 236 g/mol. The quantitative estimate of drug-likeness (QED) is 0.867. The summed E-state index contributed by atoms with van der Waals surface area (Å²) in [5.41, 5.74) is 0. The van der Waals surface area contributed by atoms with Gasteiger partial charge in [-0.1, -0.05) is 0 Å². The molecule has 0 radical (unpaired) electrons. The number of aryl methyl sites for hydroxylation is 1. The zero-order valence-corrected chi connectivity index (χ0v) is 10.7. The maximum atomic E-state index is 3.45. The third-order valence-corrected chi connectivity index (χ3v) is 4.74. The molecule has 0 bridgehead atoms. The number of thiophene rings is 1. The topological polar surface area (TPSA) is 15.3 Å². The molecule has 1 aliphatic heterocycles. The van der Waals surface area contributed by atoms with Crippen molar-refractivity contribution in [1.82, 2.24) is 10.2 Å². The van der Waals surface area contributed by atoms with Crippen LogP contribution in [0.2, 0.25) is 0 Å². The summed E-state index contributed by atoms with van der Waals surface area (Å²) >= 11 is 2.00. The van der Waals surface area contributed by atoms with E-state index in [1.165, 1.54) is 30.8 Å². The van der Waals surface area contributed by atoms with Gasteiger partial charge in [-0.2, -0.15) is 0 Å². The van der Waals surface area contributed by atoms with Gasteiger partial charge < -0.3 is 5.32 Å². The van der Waals surface area contributed by atoms with Crippen LogP contribution in [0.1, 0.15) is 28.6 Å². The third-order valence-electron chi connectivity index (χ3n) is 3.67. The summed E-state index contributed by atoms with van der Waals surface area (Å²) in [5.74, 6) is 0.941. The van der Waals surface area contributed by atoms with Crippen molar-refractivity contribution in [1.29, 1.82) is 0 Å². The molecule has 1 saturated heterocycles. The Morgan fingerprint density at radius 3 is 2.62 bits per heavy atom. The number of nitrogens with one attached hydrogen (secondary N) is 1. The van der Waals surface area contributed by atoms with Crippen LogP contribution in [0.3, 0.4) is 0 Å². The second-order valence-electron chi connectivity index (χ2n) is 5.02. The third kappa shape index (κ3) is 2.17. The van der Waals surface area contributed by atoms with Crippen molar-refractivity contribution in [3.05, 3.63) is 21.9 Å². The fraction of sp³-hybridized carbons (Fsp3) is 0.692. The van der Waals surface area contributed by atoms with Gasteiger partial charge in [-0.3, -0.25) is 4.90 Å². The van der Waals surface area contributed by atoms with Crippen LogP contribution in [0.25, 0.3) is 0 Å². The van der Waals surface area contributed by atoms with Gasteiger partial charge >= 0.3 is 0 Å². The molecule has 0 aromatic carbocycles. The van der Waals surface area contributed by atoms with E-state index in [1.807, 2.05) is 11.3 Å². The molecule has 1 atom stereocenters. The Bertz CT molecular complexity index is 351. The van der Waals surface area contributed by atoms with Gasteiger partial charge in [-0.05, 0) is 37.8 Å². The van der Waals surface area contributed by atoms with Crippen LogP contribution in [0.4, 0.5) is 0 Å². The molecule has 3 heteroatoms. The minimum Gasteiger partial charge on any atom is -0.314 e. The predicted molar refractivity (Wildman–Crippen MR) is 69.0 cm³/mol. The number of hydrogen-bond acceptors (Lipinski definition) is 3. The zero-order chi connectivity index (χ0) is 11.0. The number of nitrogens with zero attached hydrogens (tertiary/aromatic N) is 1. The van der Waals surface area contributed by atoms with Crippen molar-refractivity contribution in [2.24, 2.45) is 5.92 Å². The number of piperazine rings is 1. The highest BCUT2D eigenvalue weighted by atomic mass is 32.1.